The van der Waals surface area contributed by atoms with Gasteiger partial charge in [0.1, 0.15) is 8.65 Å². The van der Waals surface area contributed by atoms with Gasteiger partial charge in [-0.2, -0.15) is 0 Å². The molecule has 2 aliphatic rings. The van der Waals surface area contributed by atoms with Crippen molar-refractivity contribution in [3.8, 4) is 0 Å². The van der Waals surface area contributed by atoms with Gasteiger partial charge in [0, 0.05) is 29.1 Å². The van der Waals surface area contributed by atoms with Crippen molar-refractivity contribution in [3.05, 3.63) is 44.9 Å². The molecule has 0 saturated heterocycles. The van der Waals surface area contributed by atoms with Gasteiger partial charge >= 0.3 is 0 Å². The number of ether oxygens (including phenoxy) is 2. The molecule has 2 aliphatic carbocycles. The van der Waals surface area contributed by atoms with Gasteiger partial charge in [-0.1, -0.05) is 94.1 Å². The maximum absolute atomic E-state index is 5.92. The van der Waals surface area contributed by atoms with Crippen molar-refractivity contribution in [1.29, 1.82) is 0 Å². The second-order valence-electron chi connectivity index (χ2n) is 5.33. The summed E-state index contributed by atoms with van der Waals surface area (Å²) in [7, 11) is 3.38. The molecule has 0 spiro atoms. The maximum Gasteiger partial charge on any atom is 0.208 e. The summed E-state index contributed by atoms with van der Waals surface area (Å²) in [6.07, 6.45) is 0.861. The quantitative estimate of drug-likeness (QED) is 0.372. The number of alkyl halides is 2. The Labute approximate surface area is 158 Å². The summed E-state index contributed by atoms with van der Waals surface area (Å²) in [6.45, 7) is 0. The van der Waals surface area contributed by atoms with Crippen molar-refractivity contribution in [1.82, 2.24) is 0 Å². The lowest BCUT2D eigenvalue weighted by molar-refractivity contribution is -0.211. The Kier molecular flexibility index (Phi) is 4.29. The second kappa shape index (κ2) is 5.42. The molecule has 114 valence electrons. The van der Waals surface area contributed by atoms with Crippen LogP contribution in [-0.4, -0.2) is 28.7 Å². The lowest BCUT2D eigenvalue weighted by atomic mass is 9.86. The SMILES string of the molecule is COC1(OC)[C@]2(Br)C[C@@H](c3ccccc3)[C@@]1(Br)C(Br)=C2Br. The smallest absolute Gasteiger partial charge is 0.208 e. The fraction of sp³-hybridized carbons (Fsp3) is 0.467. The van der Waals surface area contributed by atoms with Crippen LogP contribution in [0.2, 0.25) is 0 Å². The Hall–Kier alpha value is 0.800. The van der Waals surface area contributed by atoms with E-state index in [1.54, 1.807) is 14.2 Å². The van der Waals surface area contributed by atoms with E-state index in [-0.39, 0.29) is 5.92 Å². The third kappa shape index (κ3) is 1.81. The highest BCUT2D eigenvalue weighted by Gasteiger charge is 2.79. The lowest BCUT2D eigenvalue weighted by Crippen LogP contribution is -2.56. The number of fused-ring (bicyclic) bond motifs is 2. The Balaban J connectivity index is 2.23. The monoisotopic (exact) mass is 542 g/mol. The maximum atomic E-state index is 5.92. The fourth-order valence-electron chi connectivity index (χ4n) is 3.68. The molecule has 0 amide bonds. The molecule has 6 heteroatoms. The molecular formula is C15H14Br4O2. The van der Waals surface area contributed by atoms with Gasteiger partial charge in [0.25, 0.3) is 0 Å². The second-order valence-corrected chi connectivity index (χ2v) is 9.52. The van der Waals surface area contributed by atoms with E-state index in [9.17, 15) is 0 Å². The average Bonchev–Trinajstić information content (AvgIpc) is 2.79. The van der Waals surface area contributed by atoms with Crippen molar-refractivity contribution in [2.24, 2.45) is 0 Å². The summed E-state index contributed by atoms with van der Waals surface area (Å²) in [5.74, 6) is -0.619. The van der Waals surface area contributed by atoms with Gasteiger partial charge in [-0.25, -0.2) is 0 Å². The zero-order chi connectivity index (χ0) is 15.5. The normalized spacial score (nSPS) is 37.3. The van der Waals surface area contributed by atoms with Crippen LogP contribution in [0.15, 0.2) is 39.3 Å². The molecule has 0 radical (unpaired) electrons. The predicted molar refractivity (Wildman–Crippen MR) is 98.7 cm³/mol. The first-order chi connectivity index (χ1) is 9.89. The summed E-state index contributed by atoms with van der Waals surface area (Å²) in [5, 5.41) is 0. The van der Waals surface area contributed by atoms with Gasteiger partial charge in [-0.05, 0) is 12.0 Å². The zero-order valence-corrected chi connectivity index (χ0v) is 17.8. The van der Waals surface area contributed by atoms with Gasteiger partial charge < -0.3 is 9.47 Å². The van der Waals surface area contributed by atoms with E-state index in [0.29, 0.717) is 0 Å². The van der Waals surface area contributed by atoms with Crippen molar-refractivity contribution in [3.63, 3.8) is 0 Å². The van der Waals surface area contributed by atoms with Gasteiger partial charge in [-0.15, -0.1) is 0 Å². The summed E-state index contributed by atoms with van der Waals surface area (Å²) in [6, 6.07) is 10.4. The number of hydrogen-bond donors (Lipinski definition) is 0. The van der Waals surface area contributed by atoms with Crippen LogP contribution in [-0.2, 0) is 9.47 Å². The van der Waals surface area contributed by atoms with Gasteiger partial charge in [-0.3, -0.25) is 0 Å². The lowest BCUT2D eigenvalue weighted by Gasteiger charge is -2.42. The van der Waals surface area contributed by atoms with Crippen LogP contribution in [0.25, 0.3) is 0 Å². The molecule has 2 nitrogen and oxygen atoms in total. The number of halogens is 4. The molecule has 0 unspecified atom stereocenters. The van der Waals surface area contributed by atoms with E-state index in [0.717, 1.165) is 15.4 Å². The molecule has 1 saturated carbocycles. The third-order valence-electron chi connectivity index (χ3n) is 4.60. The molecule has 0 heterocycles. The Morgan fingerprint density at radius 2 is 1.57 bits per heavy atom. The number of hydrogen-bond acceptors (Lipinski definition) is 2. The van der Waals surface area contributed by atoms with Gasteiger partial charge in [0.15, 0.2) is 0 Å². The molecule has 1 aromatic carbocycles. The summed E-state index contributed by atoms with van der Waals surface area (Å²) in [4.78, 5) is 0. The number of methoxy groups -OCH3 is 2. The highest BCUT2D eigenvalue weighted by atomic mass is 79.9. The molecule has 1 fully saturated rings. The molecular weight excluding hydrogens is 532 g/mol. The molecule has 0 N–H and O–H groups in total. The van der Waals surface area contributed by atoms with Crippen LogP contribution in [0, 0.1) is 0 Å². The van der Waals surface area contributed by atoms with Crippen LogP contribution in [0.3, 0.4) is 0 Å². The van der Waals surface area contributed by atoms with Crippen molar-refractivity contribution in [2.75, 3.05) is 14.2 Å². The predicted octanol–water partition coefficient (Wildman–Crippen LogP) is 5.45. The summed E-state index contributed by atoms with van der Waals surface area (Å²) in [5.41, 5.74) is 1.26. The van der Waals surface area contributed by atoms with Gasteiger partial charge in [0.05, 0.1) is 0 Å². The zero-order valence-electron chi connectivity index (χ0n) is 11.5. The van der Waals surface area contributed by atoms with E-state index in [4.69, 9.17) is 9.47 Å². The minimum atomic E-state index is -0.835. The summed E-state index contributed by atoms with van der Waals surface area (Å²) < 4.78 is 13.0. The van der Waals surface area contributed by atoms with Crippen LogP contribution < -0.4 is 0 Å². The molecule has 21 heavy (non-hydrogen) atoms. The van der Waals surface area contributed by atoms with E-state index in [2.05, 4.69) is 88.0 Å². The highest BCUT2D eigenvalue weighted by molar-refractivity contribution is 9.16. The Morgan fingerprint density at radius 3 is 2.05 bits per heavy atom. The first kappa shape index (κ1) is 16.7. The molecule has 1 aromatic rings. The van der Waals surface area contributed by atoms with Crippen LogP contribution in [0.4, 0.5) is 0 Å². The van der Waals surface area contributed by atoms with Crippen LogP contribution in [0.5, 0.6) is 0 Å². The van der Waals surface area contributed by atoms with Crippen molar-refractivity contribution in [2.45, 2.75) is 26.8 Å². The van der Waals surface area contributed by atoms with Crippen molar-refractivity contribution >= 4 is 63.7 Å². The molecule has 2 bridgehead atoms. The minimum Gasteiger partial charge on any atom is -0.350 e. The average molecular weight is 546 g/mol. The van der Waals surface area contributed by atoms with Gasteiger partial charge in [0.2, 0.25) is 5.79 Å². The van der Waals surface area contributed by atoms with Crippen LogP contribution in [0.1, 0.15) is 17.9 Å². The van der Waals surface area contributed by atoms with E-state index < -0.39 is 14.4 Å². The van der Waals surface area contributed by atoms with E-state index >= 15 is 0 Å². The van der Waals surface area contributed by atoms with Crippen molar-refractivity contribution < 1.29 is 9.47 Å². The first-order valence-corrected chi connectivity index (χ1v) is 9.65. The highest BCUT2D eigenvalue weighted by Crippen LogP contribution is 2.75. The molecule has 3 atom stereocenters. The molecule has 0 aliphatic heterocycles. The number of rotatable bonds is 3. The third-order valence-corrected chi connectivity index (χ3v) is 11.0. The van der Waals surface area contributed by atoms with E-state index in [1.165, 1.54) is 5.56 Å². The first-order valence-electron chi connectivity index (χ1n) is 6.48. The molecule has 0 aromatic heterocycles. The minimum absolute atomic E-state index is 0.216. The van der Waals surface area contributed by atoms with E-state index in [1.807, 2.05) is 6.07 Å². The summed E-state index contributed by atoms with van der Waals surface area (Å²) >= 11 is 15.3. The fourth-order valence-corrected chi connectivity index (χ4v) is 8.53. The largest absolute Gasteiger partial charge is 0.350 e. The Morgan fingerprint density at radius 1 is 1.00 bits per heavy atom. The standard InChI is InChI=1S/C15H14Br4O2/c1-20-15(21-2)13(18)8-10(9-6-4-3-5-7-9)14(15,19)12(17)11(13)16/h3-7,10H,8H2,1-2H3/t10-,13-,14+/m0/s1. The van der Waals surface area contributed by atoms with Crippen LogP contribution >= 0.6 is 63.7 Å². The Bertz CT molecular complexity index is 599. The topological polar surface area (TPSA) is 18.5 Å². The molecule has 3 rings (SSSR count). The number of benzene rings is 1.